The molecule has 100 valence electrons. The van der Waals surface area contributed by atoms with Crippen molar-refractivity contribution in [2.75, 3.05) is 36.0 Å². The molecular weight excluding hydrogens is 238 g/mol. The van der Waals surface area contributed by atoms with E-state index in [2.05, 4.69) is 46.1 Å². The topological polar surface area (TPSA) is 32.5 Å². The van der Waals surface area contributed by atoms with E-state index in [1.165, 1.54) is 11.3 Å². The molecule has 0 radical (unpaired) electrons. The molecule has 0 atom stereocenters. The van der Waals surface area contributed by atoms with Gasteiger partial charge in [0.2, 0.25) is 0 Å². The summed E-state index contributed by atoms with van der Waals surface area (Å²) in [6.07, 6.45) is 0. The normalized spacial score (nSPS) is 15.9. The number of hydrogen-bond acceptors (Lipinski definition) is 4. The third-order valence-electron chi connectivity index (χ3n) is 3.62. The van der Waals surface area contributed by atoms with Gasteiger partial charge in [-0.2, -0.15) is 0 Å². The monoisotopic (exact) mass is 257 g/mol. The molecule has 3 rings (SSSR count). The Hall–Kier alpha value is -1.97. The Kier molecular flexibility index (Phi) is 3.15. The summed E-state index contributed by atoms with van der Waals surface area (Å²) >= 11 is 0. The van der Waals surface area contributed by atoms with Crippen LogP contribution in [0.4, 0.5) is 11.5 Å². The van der Waals surface area contributed by atoms with Crippen molar-refractivity contribution in [3.63, 3.8) is 0 Å². The molecule has 0 N–H and O–H groups in total. The van der Waals surface area contributed by atoms with E-state index in [9.17, 15) is 0 Å². The van der Waals surface area contributed by atoms with E-state index in [0.29, 0.717) is 0 Å². The van der Waals surface area contributed by atoms with Crippen molar-refractivity contribution in [1.29, 1.82) is 0 Å². The second-order valence-electron chi connectivity index (χ2n) is 5.11. The predicted octanol–water partition coefficient (Wildman–Crippen LogP) is 2.62. The Morgan fingerprint density at radius 1 is 0.947 bits per heavy atom. The van der Waals surface area contributed by atoms with E-state index in [4.69, 9.17) is 4.52 Å². The van der Waals surface area contributed by atoms with Crippen LogP contribution in [0.15, 0.2) is 34.9 Å². The van der Waals surface area contributed by atoms with E-state index in [0.717, 1.165) is 37.8 Å². The molecule has 19 heavy (non-hydrogen) atoms. The lowest BCUT2D eigenvalue weighted by Crippen LogP contribution is -2.46. The van der Waals surface area contributed by atoms with Crippen LogP contribution in [-0.4, -0.2) is 31.3 Å². The summed E-state index contributed by atoms with van der Waals surface area (Å²) in [5.74, 6) is 1.83. The minimum Gasteiger partial charge on any atom is -0.368 e. The molecule has 0 unspecified atom stereocenters. The zero-order valence-electron chi connectivity index (χ0n) is 11.5. The molecule has 2 heterocycles. The summed E-state index contributed by atoms with van der Waals surface area (Å²) in [5, 5.41) is 4.08. The van der Waals surface area contributed by atoms with Gasteiger partial charge in [0.15, 0.2) is 5.82 Å². The number of nitrogens with zero attached hydrogens (tertiary/aromatic N) is 3. The van der Waals surface area contributed by atoms with E-state index in [1.54, 1.807) is 0 Å². The maximum absolute atomic E-state index is 5.14. The van der Waals surface area contributed by atoms with Crippen LogP contribution in [0.5, 0.6) is 0 Å². The third-order valence-corrected chi connectivity index (χ3v) is 3.62. The highest BCUT2D eigenvalue weighted by Crippen LogP contribution is 2.20. The van der Waals surface area contributed by atoms with Gasteiger partial charge < -0.3 is 14.3 Å². The van der Waals surface area contributed by atoms with E-state index in [-0.39, 0.29) is 0 Å². The van der Waals surface area contributed by atoms with Gasteiger partial charge in [-0.1, -0.05) is 22.9 Å². The molecule has 2 aromatic rings. The third kappa shape index (κ3) is 2.57. The minimum atomic E-state index is 0.871. The van der Waals surface area contributed by atoms with Crippen LogP contribution in [0, 0.1) is 13.8 Å². The fourth-order valence-corrected chi connectivity index (χ4v) is 2.45. The zero-order chi connectivity index (χ0) is 13.2. The smallest absolute Gasteiger partial charge is 0.172 e. The van der Waals surface area contributed by atoms with Crippen molar-refractivity contribution in [1.82, 2.24) is 5.16 Å². The highest BCUT2D eigenvalue weighted by Gasteiger charge is 2.19. The average Bonchev–Trinajstić information content (AvgIpc) is 2.87. The van der Waals surface area contributed by atoms with Crippen LogP contribution < -0.4 is 9.80 Å². The molecular formula is C15H19N3O. The van der Waals surface area contributed by atoms with Gasteiger partial charge in [-0.3, -0.25) is 0 Å². The van der Waals surface area contributed by atoms with Crippen LogP contribution in [0.25, 0.3) is 0 Å². The summed E-state index contributed by atoms with van der Waals surface area (Å²) in [7, 11) is 0. The first-order valence-electron chi connectivity index (χ1n) is 6.72. The molecule has 4 nitrogen and oxygen atoms in total. The second-order valence-corrected chi connectivity index (χ2v) is 5.11. The quantitative estimate of drug-likeness (QED) is 0.828. The number of anilines is 2. The summed E-state index contributed by atoms with van der Waals surface area (Å²) < 4.78 is 5.14. The molecule has 1 aliphatic heterocycles. The first kappa shape index (κ1) is 12.1. The Morgan fingerprint density at radius 3 is 2.16 bits per heavy atom. The van der Waals surface area contributed by atoms with E-state index >= 15 is 0 Å². The van der Waals surface area contributed by atoms with E-state index < -0.39 is 0 Å². The summed E-state index contributed by atoms with van der Waals surface area (Å²) in [6.45, 7) is 8.07. The molecule has 0 saturated carbocycles. The molecule has 1 saturated heterocycles. The largest absolute Gasteiger partial charge is 0.368 e. The molecule has 1 aliphatic rings. The van der Waals surface area contributed by atoms with Crippen molar-refractivity contribution in [3.8, 4) is 0 Å². The van der Waals surface area contributed by atoms with Crippen LogP contribution >= 0.6 is 0 Å². The van der Waals surface area contributed by atoms with Crippen LogP contribution in [-0.2, 0) is 0 Å². The lowest BCUT2D eigenvalue weighted by Gasteiger charge is -2.36. The van der Waals surface area contributed by atoms with Gasteiger partial charge in [-0.15, -0.1) is 0 Å². The molecule has 0 bridgehead atoms. The van der Waals surface area contributed by atoms with Crippen molar-refractivity contribution in [3.05, 3.63) is 41.7 Å². The van der Waals surface area contributed by atoms with Gasteiger partial charge in [-0.25, -0.2) is 0 Å². The Bertz CT molecular complexity index is 539. The minimum absolute atomic E-state index is 0.871. The summed E-state index contributed by atoms with van der Waals surface area (Å²) in [4.78, 5) is 4.70. The van der Waals surface area contributed by atoms with Crippen molar-refractivity contribution in [2.24, 2.45) is 0 Å². The zero-order valence-corrected chi connectivity index (χ0v) is 11.5. The van der Waals surface area contributed by atoms with Crippen molar-refractivity contribution < 1.29 is 4.52 Å². The Morgan fingerprint density at radius 2 is 1.58 bits per heavy atom. The fourth-order valence-electron chi connectivity index (χ4n) is 2.45. The van der Waals surface area contributed by atoms with Gasteiger partial charge in [-0.05, 0) is 26.0 Å². The lowest BCUT2D eigenvalue weighted by atomic mass is 10.2. The number of aryl methyl sites for hydroxylation is 2. The Balaban J connectivity index is 1.64. The molecule has 1 fully saturated rings. The van der Waals surface area contributed by atoms with Crippen molar-refractivity contribution in [2.45, 2.75) is 13.8 Å². The Labute approximate surface area is 113 Å². The van der Waals surface area contributed by atoms with Crippen LogP contribution in [0.3, 0.4) is 0 Å². The predicted molar refractivity (Wildman–Crippen MR) is 76.8 cm³/mol. The number of benzene rings is 1. The fraction of sp³-hybridized carbons (Fsp3) is 0.400. The van der Waals surface area contributed by atoms with Crippen LogP contribution in [0.1, 0.15) is 11.3 Å². The maximum Gasteiger partial charge on any atom is 0.172 e. The SMILES string of the molecule is Cc1ccc(N2CCN(c3cc(C)on3)CC2)cc1. The standard InChI is InChI=1S/C15H19N3O/c1-12-3-5-14(6-4-12)17-7-9-18(10-8-17)15-11-13(2)19-16-15/h3-6,11H,7-10H2,1-2H3. The number of piperazine rings is 1. The molecule has 4 heteroatoms. The highest BCUT2D eigenvalue weighted by atomic mass is 16.5. The molecule has 0 amide bonds. The molecule has 1 aromatic carbocycles. The van der Waals surface area contributed by atoms with Crippen LogP contribution in [0.2, 0.25) is 0 Å². The second kappa shape index (κ2) is 4.96. The summed E-state index contributed by atoms with van der Waals surface area (Å²) in [5.41, 5.74) is 2.61. The molecule has 1 aromatic heterocycles. The molecule has 0 spiro atoms. The van der Waals surface area contributed by atoms with Crippen molar-refractivity contribution >= 4 is 11.5 Å². The van der Waals surface area contributed by atoms with Gasteiger partial charge in [0.25, 0.3) is 0 Å². The number of rotatable bonds is 2. The highest BCUT2D eigenvalue weighted by molar-refractivity contribution is 5.50. The number of hydrogen-bond donors (Lipinski definition) is 0. The van der Waals surface area contributed by atoms with Gasteiger partial charge in [0.05, 0.1) is 0 Å². The first-order valence-corrected chi connectivity index (χ1v) is 6.72. The first-order chi connectivity index (χ1) is 9.22. The number of aromatic nitrogens is 1. The van der Waals surface area contributed by atoms with Gasteiger partial charge in [0, 0.05) is 37.9 Å². The van der Waals surface area contributed by atoms with Gasteiger partial charge in [0.1, 0.15) is 5.76 Å². The average molecular weight is 257 g/mol. The van der Waals surface area contributed by atoms with Gasteiger partial charge >= 0.3 is 0 Å². The molecule has 0 aliphatic carbocycles. The lowest BCUT2D eigenvalue weighted by molar-refractivity contribution is 0.396. The summed E-state index contributed by atoms with van der Waals surface area (Å²) in [6, 6.07) is 10.7. The van der Waals surface area contributed by atoms with E-state index in [1.807, 2.05) is 13.0 Å². The maximum atomic E-state index is 5.14.